The summed E-state index contributed by atoms with van der Waals surface area (Å²) in [5.41, 5.74) is 10.6. The number of nitrogens with zero attached hydrogens (tertiary/aromatic N) is 2. The van der Waals surface area contributed by atoms with E-state index in [9.17, 15) is 18.3 Å². The van der Waals surface area contributed by atoms with Gasteiger partial charge in [-0.05, 0) is 48.4 Å². The lowest BCUT2D eigenvalue weighted by molar-refractivity contribution is -0.148. The van der Waals surface area contributed by atoms with E-state index >= 15 is 0 Å². The lowest BCUT2D eigenvalue weighted by Crippen LogP contribution is -2.33. The van der Waals surface area contributed by atoms with Gasteiger partial charge in [-0.2, -0.15) is 13.2 Å². The number of hydrogen-bond donors (Lipinski definition) is 3. The van der Waals surface area contributed by atoms with E-state index < -0.39 is 12.7 Å². The molecule has 0 radical (unpaired) electrons. The van der Waals surface area contributed by atoms with Crippen molar-refractivity contribution < 1.29 is 18.3 Å². The summed E-state index contributed by atoms with van der Waals surface area (Å²) < 4.78 is 39.4. The first-order valence-corrected chi connectivity index (χ1v) is 10.8. The summed E-state index contributed by atoms with van der Waals surface area (Å²) in [7, 11) is 0. The third-order valence-corrected chi connectivity index (χ3v) is 5.46. The molecular formula is C26H25F3N4O. The van der Waals surface area contributed by atoms with E-state index in [2.05, 4.69) is 9.98 Å². The van der Waals surface area contributed by atoms with Crippen LogP contribution < -0.4 is 5.73 Å². The largest absolute Gasteiger partial charge is 0.494 e. The van der Waals surface area contributed by atoms with Crippen LogP contribution >= 0.6 is 0 Å². The highest BCUT2D eigenvalue weighted by atomic mass is 19.4. The van der Waals surface area contributed by atoms with Gasteiger partial charge in [0.1, 0.15) is 0 Å². The number of aromatic amines is 1. The van der Waals surface area contributed by atoms with Crippen LogP contribution in [0.5, 0.6) is 5.88 Å². The molecule has 1 heterocycles. The summed E-state index contributed by atoms with van der Waals surface area (Å²) in [6, 6.07) is 21.5. The lowest BCUT2D eigenvalue weighted by Gasteiger charge is -2.24. The minimum atomic E-state index is -4.29. The number of aliphatic imine (C=N–C) groups is 1. The maximum atomic E-state index is 13.1. The zero-order valence-electron chi connectivity index (χ0n) is 18.6. The topological polar surface area (TPSA) is 77.6 Å². The van der Waals surface area contributed by atoms with Crippen molar-refractivity contribution in [1.29, 1.82) is 0 Å². The van der Waals surface area contributed by atoms with Gasteiger partial charge >= 0.3 is 6.18 Å². The second kappa shape index (κ2) is 9.61. The Morgan fingerprint density at radius 2 is 1.62 bits per heavy atom. The Balaban J connectivity index is 1.53. The van der Waals surface area contributed by atoms with Crippen LogP contribution in [-0.2, 0) is 13.1 Å². The molecule has 3 aromatic carbocycles. The summed E-state index contributed by atoms with van der Waals surface area (Å²) in [6.45, 7) is 1.14. The van der Waals surface area contributed by atoms with Crippen LogP contribution in [0, 0.1) is 0 Å². The second-order valence-corrected chi connectivity index (χ2v) is 8.26. The van der Waals surface area contributed by atoms with Crippen LogP contribution in [0.1, 0.15) is 23.6 Å². The Hall–Kier alpha value is -3.78. The number of hydrogen-bond acceptors (Lipinski definition) is 4. The van der Waals surface area contributed by atoms with Crippen molar-refractivity contribution in [2.45, 2.75) is 26.2 Å². The number of rotatable bonds is 7. The number of aromatic hydroxyl groups is 1. The van der Waals surface area contributed by atoms with Crippen molar-refractivity contribution >= 4 is 28.0 Å². The molecule has 4 aromatic rings. The molecule has 0 saturated carbocycles. The van der Waals surface area contributed by atoms with E-state index in [0.29, 0.717) is 22.6 Å². The molecule has 0 saturated heterocycles. The number of anilines is 1. The molecule has 0 unspecified atom stereocenters. The summed E-state index contributed by atoms with van der Waals surface area (Å²) in [6.07, 6.45) is -4.29. The molecule has 1 aromatic heterocycles. The van der Waals surface area contributed by atoms with Crippen LogP contribution in [0.4, 0.5) is 24.5 Å². The number of aromatic nitrogens is 1. The lowest BCUT2D eigenvalue weighted by atomic mass is 10.1. The van der Waals surface area contributed by atoms with E-state index in [0.717, 1.165) is 22.0 Å². The summed E-state index contributed by atoms with van der Waals surface area (Å²) in [5, 5.41) is 11.1. The SMILES string of the molecule is CC(=Nc1ccc(CN(Cc2ccccc2)CC(F)(F)F)cc1)c1c(O)[nH]c2ccc(N)cc12. The molecule has 34 heavy (non-hydrogen) atoms. The third kappa shape index (κ3) is 5.77. The average molecular weight is 467 g/mol. The minimum absolute atomic E-state index is 0.00201. The number of nitrogens with two attached hydrogens (primary N) is 1. The van der Waals surface area contributed by atoms with Gasteiger partial charge in [-0.1, -0.05) is 42.5 Å². The third-order valence-electron chi connectivity index (χ3n) is 5.46. The standard InChI is InChI=1S/C26H25F3N4O/c1-17(24-22-13-20(30)9-12-23(22)32-25(24)34)31-21-10-7-19(8-11-21)15-33(16-26(27,28)29)14-18-5-3-2-4-6-18/h2-13,32,34H,14-16,30H2,1H3. The van der Waals surface area contributed by atoms with Crippen LogP contribution in [0.25, 0.3) is 10.9 Å². The number of fused-ring (bicyclic) bond motifs is 1. The first-order valence-electron chi connectivity index (χ1n) is 10.8. The molecule has 0 aliphatic heterocycles. The van der Waals surface area contributed by atoms with Gasteiger partial charge in [0.2, 0.25) is 0 Å². The second-order valence-electron chi connectivity index (χ2n) is 8.26. The zero-order chi connectivity index (χ0) is 24.3. The highest BCUT2D eigenvalue weighted by Gasteiger charge is 2.30. The van der Waals surface area contributed by atoms with Gasteiger partial charge < -0.3 is 15.8 Å². The smallest absolute Gasteiger partial charge is 0.401 e. The molecule has 4 rings (SSSR count). The fourth-order valence-electron chi connectivity index (χ4n) is 4.01. The number of nitrogen functional groups attached to an aromatic ring is 1. The van der Waals surface area contributed by atoms with E-state index in [1.165, 1.54) is 4.90 Å². The fraction of sp³-hybridized carbons (Fsp3) is 0.192. The van der Waals surface area contributed by atoms with Crippen molar-refractivity contribution in [3.63, 3.8) is 0 Å². The Morgan fingerprint density at radius 1 is 0.971 bits per heavy atom. The van der Waals surface area contributed by atoms with E-state index in [1.807, 2.05) is 30.3 Å². The first kappa shape index (κ1) is 23.4. The first-order chi connectivity index (χ1) is 16.2. The van der Waals surface area contributed by atoms with Crippen molar-refractivity contribution in [3.8, 4) is 5.88 Å². The van der Waals surface area contributed by atoms with Crippen molar-refractivity contribution in [2.75, 3.05) is 12.3 Å². The molecule has 0 aliphatic rings. The molecule has 4 N–H and O–H groups in total. The van der Waals surface area contributed by atoms with Gasteiger partial charge in [0, 0.05) is 29.7 Å². The molecular weight excluding hydrogens is 441 g/mol. The Labute approximate surface area is 195 Å². The van der Waals surface area contributed by atoms with Gasteiger partial charge in [-0.3, -0.25) is 9.89 Å². The molecule has 0 spiro atoms. The summed E-state index contributed by atoms with van der Waals surface area (Å²) >= 11 is 0. The van der Waals surface area contributed by atoms with Gasteiger partial charge in [-0.15, -0.1) is 0 Å². The monoisotopic (exact) mass is 466 g/mol. The zero-order valence-corrected chi connectivity index (χ0v) is 18.6. The van der Waals surface area contributed by atoms with Crippen LogP contribution in [-0.4, -0.2) is 33.4 Å². The number of H-pyrrole nitrogens is 1. The molecule has 8 heteroatoms. The van der Waals surface area contributed by atoms with E-state index in [4.69, 9.17) is 5.73 Å². The van der Waals surface area contributed by atoms with Crippen molar-refractivity contribution in [2.24, 2.45) is 4.99 Å². The number of nitrogens with one attached hydrogen (secondary N) is 1. The highest BCUT2D eigenvalue weighted by Crippen LogP contribution is 2.30. The van der Waals surface area contributed by atoms with Crippen LogP contribution in [0.2, 0.25) is 0 Å². The maximum Gasteiger partial charge on any atom is 0.401 e. The predicted molar refractivity (Wildman–Crippen MR) is 129 cm³/mol. The Kier molecular flexibility index (Phi) is 6.61. The maximum absolute atomic E-state index is 13.1. The van der Waals surface area contributed by atoms with Crippen molar-refractivity contribution in [3.05, 3.63) is 89.5 Å². The van der Waals surface area contributed by atoms with Gasteiger partial charge in [-0.25, -0.2) is 0 Å². The fourth-order valence-corrected chi connectivity index (χ4v) is 4.01. The highest BCUT2D eigenvalue weighted by molar-refractivity contribution is 6.13. The minimum Gasteiger partial charge on any atom is -0.494 e. The molecule has 0 bridgehead atoms. The van der Waals surface area contributed by atoms with Gasteiger partial charge in [0.15, 0.2) is 5.88 Å². The average Bonchev–Trinajstić information content (AvgIpc) is 3.09. The number of alkyl halides is 3. The molecule has 0 amide bonds. The summed E-state index contributed by atoms with van der Waals surface area (Å²) in [4.78, 5) is 8.87. The van der Waals surface area contributed by atoms with E-state index in [-0.39, 0.29) is 19.0 Å². The Bertz CT molecular complexity index is 1300. The number of halogens is 3. The Morgan fingerprint density at radius 3 is 2.26 bits per heavy atom. The summed E-state index contributed by atoms with van der Waals surface area (Å²) in [5.74, 6) is 0.00201. The molecule has 0 atom stereocenters. The van der Waals surface area contributed by atoms with Crippen LogP contribution in [0.3, 0.4) is 0 Å². The molecule has 176 valence electrons. The molecule has 5 nitrogen and oxygen atoms in total. The molecule has 0 fully saturated rings. The van der Waals surface area contributed by atoms with Crippen molar-refractivity contribution in [1.82, 2.24) is 9.88 Å². The van der Waals surface area contributed by atoms with Gasteiger partial charge in [0.25, 0.3) is 0 Å². The van der Waals surface area contributed by atoms with Gasteiger partial charge in [0.05, 0.1) is 23.5 Å². The van der Waals surface area contributed by atoms with Crippen LogP contribution in [0.15, 0.2) is 77.8 Å². The molecule has 0 aliphatic carbocycles. The predicted octanol–water partition coefficient (Wildman–Crippen LogP) is 6.16. The normalized spacial score (nSPS) is 12.6. The quantitative estimate of drug-likeness (QED) is 0.225. The number of benzene rings is 3. The van der Waals surface area contributed by atoms with E-state index in [1.54, 1.807) is 49.4 Å².